The van der Waals surface area contributed by atoms with E-state index in [2.05, 4.69) is 9.97 Å². The summed E-state index contributed by atoms with van der Waals surface area (Å²) in [5.41, 5.74) is -2.70. The molecule has 2 aromatic rings. The molecule has 1 atom stereocenters. The molecule has 0 radical (unpaired) electrons. The van der Waals surface area contributed by atoms with Gasteiger partial charge in [0.1, 0.15) is 11.3 Å². The number of hydrogen-bond acceptors (Lipinski definition) is 6. The van der Waals surface area contributed by atoms with Gasteiger partial charge in [0.05, 0.1) is 5.97 Å². The van der Waals surface area contributed by atoms with Crippen LogP contribution < -0.4 is 21.9 Å². The van der Waals surface area contributed by atoms with Gasteiger partial charge >= 0.3 is 5.69 Å². The zero-order valence-electron chi connectivity index (χ0n) is 11.0. The van der Waals surface area contributed by atoms with Gasteiger partial charge in [-0.25, -0.2) is 9.78 Å². The number of carbonyl (C=O) groups excluding carboxylic acids is 1. The molecule has 0 aliphatic rings. The molecule has 0 aromatic carbocycles. The lowest BCUT2D eigenvalue weighted by molar-refractivity contribution is -0.307. The summed E-state index contributed by atoms with van der Waals surface area (Å²) in [4.78, 5) is 52.4. The summed E-state index contributed by atoms with van der Waals surface area (Å²) in [7, 11) is 2.63. The Morgan fingerprint density at radius 2 is 1.85 bits per heavy atom. The molecule has 0 amide bonds. The predicted molar refractivity (Wildman–Crippen MR) is 66.3 cm³/mol. The number of fused-ring (bicyclic) bond motifs is 1. The van der Waals surface area contributed by atoms with Gasteiger partial charge in [-0.05, 0) is 0 Å². The molecule has 0 saturated carbocycles. The number of carboxylic acid groups (broad SMARTS) is 1. The first kappa shape index (κ1) is 13.7. The van der Waals surface area contributed by atoms with Crippen LogP contribution in [0.4, 0.5) is 0 Å². The van der Waals surface area contributed by atoms with Crippen molar-refractivity contribution < 1.29 is 9.90 Å². The highest BCUT2D eigenvalue weighted by atomic mass is 16.4. The fourth-order valence-electron chi connectivity index (χ4n) is 1.82. The second-order valence-electron chi connectivity index (χ2n) is 4.39. The molecule has 0 saturated heterocycles. The van der Waals surface area contributed by atoms with E-state index in [1.54, 1.807) is 0 Å². The highest BCUT2D eigenvalue weighted by Gasteiger charge is 2.17. The molecular formula is C11H11N4O5-. The monoisotopic (exact) mass is 279 g/mol. The summed E-state index contributed by atoms with van der Waals surface area (Å²) < 4.78 is 1.87. The number of nitrogens with one attached hydrogen (secondary N) is 1. The SMILES string of the molecule is CC(C(=O)[O-])c1nc2c(=O)n(C)c(=O)n(C)c2[nH]c1=O. The van der Waals surface area contributed by atoms with Crippen molar-refractivity contribution >= 4 is 17.1 Å². The van der Waals surface area contributed by atoms with Crippen molar-refractivity contribution in [2.75, 3.05) is 0 Å². The Bertz CT molecular complexity index is 889. The van der Waals surface area contributed by atoms with E-state index >= 15 is 0 Å². The van der Waals surface area contributed by atoms with Crippen molar-refractivity contribution in [2.45, 2.75) is 12.8 Å². The number of aryl methyl sites for hydroxylation is 1. The van der Waals surface area contributed by atoms with E-state index in [4.69, 9.17) is 0 Å². The highest BCUT2D eigenvalue weighted by Crippen LogP contribution is 2.08. The molecule has 0 aliphatic carbocycles. The standard InChI is InChI=1S/C11H12N4O5/c1-4(10(18)19)5-8(16)13-7-6(12-5)9(17)15(3)11(20)14(7)2/h4H,1-3H3,(H,13,16)(H,18,19)/p-1. The fourth-order valence-corrected chi connectivity index (χ4v) is 1.82. The Hall–Kier alpha value is -2.71. The van der Waals surface area contributed by atoms with Crippen molar-refractivity contribution in [2.24, 2.45) is 14.1 Å². The average molecular weight is 279 g/mol. The second kappa shape index (κ2) is 4.44. The Balaban J connectivity index is 2.98. The smallest absolute Gasteiger partial charge is 0.332 e. The summed E-state index contributed by atoms with van der Waals surface area (Å²) >= 11 is 0. The van der Waals surface area contributed by atoms with Crippen molar-refractivity contribution in [3.63, 3.8) is 0 Å². The van der Waals surface area contributed by atoms with Crippen molar-refractivity contribution in [3.8, 4) is 0 Å². The first-order valence-electron chi connectivity index (χ1n) is 5.66. The molecule has 20 heavy (non-hydrogen) atoms. The van der Waals surface area contributed by atoms with E-state index in [0.717, 1.165) is 9.13 Å². The van der Waals surface area contributed by atoms with Crippen LogP contribution in [-0.2, 0) is 18.9 Å². The third-order valence-corrected chi connectivity index (χ3v) is 3.10. The molecule has 9 nitrogen and oxygen atoms in total. The lowest BCUT2D eigenvalue weighted by Crippen LogP contribution is -2.40. The second-order valence-corrected chi connectivity index (χ2v) is 4.39. The third kappa shape index (κ3) is 1.83. The van der Waals surface area contributed by atoms with Crippen LogP contribution in [0.1, 0.15) is 18.5 Å². The predicted octanol–water partition coefficient (Wildman–Crippen LogP) is -2.83. The van der Waals surface area contributed by atoms with Gasteiger partial charge in [-0.3, -0.25) is 18.7 Å². The van der Waals surface area contributed by atoms with Crippen LogP contribution in [0.5, 0.6) is 0 Å². The minimum Gasteiger partial charge on any atom is -0.549 e. The van der Waals surface area contributed by atoms with Crippen molar-refractivity contribution in [1.29, 1.82) is 0 Å². The molecule has 1 N–H and O–H groups in total. The molecule has 2 heterocycles. The molecule has 1 unspecified atom stereocenters. The number of H-pyrrole nitrogens is 1. The van der Waals surface area contributed by atoms with Crippen LogP contribution in [-0.4, -0.2) is 25.1 Å². The average Bonchev–Trinajstić information content (AvgIpc) is 2.41. The van der Waals surface area contributed by atoms with Gasteiger partial charge in [-0.1, -0.05) is 6.92 Å². The van der Waals surface area contributed by atoms with E-state index in [1.165, 1.54) is 21.0 Å². The van der Waals surface area contributed by atoms with Crippen LogP contribution >= 0.6 is 0 Å². The lowest BCUT2D eigenvalue weighted by atomic mass is 10.1. The van der Waals surface area contributed by atoms with Gasteiger partial charge < -0.3 is 14.9 Å². The van der Waals surface area contributed by atoms with Gasteiger partial charge in [0.25, 0.3) is 11.1 Å². The van der Waals surface area contributed by atoms with Crippen LogP contribution in [0.3, 0.4) is 0 Å². The highest BCUT2D eigenvalue weighted by molar-refractivity contribution is 5.74. The number of aliphatic carboxylic acids is 1. The van der Waals surface area contributed by atoms with Crippen LogP contribution in [0.2, 0.25) is 0 Å². The van der Waals surface area contributed by atoms with Crippen LogP contribution in [0.15, 0.2) is 14.4 Å². The van der Waals surface area contributed by atoms with Gasteiger partial charge in [0.2, 0.25) is 0 Å². The molecule has 2 aromatic heterocycles. The number of carboxylic acids is 1. The van der Waals surface area contributed by atoms with Crippen molar-refractivity contribution in [1.82, 2.24) is 19.1 Å². The minimum absolute atomic E-state index is 0.0580. The molecular weight excluding hydrogens is 268 g/mol. The van der Waals surface area contributed by atoms with Gasteiger partial charge in [-0.15, -0.1) is 0 Å². The molecule has 0 fully saturated rings. The number of aromatic nitrogens is 4. The number of nitrogens with zero attached hydrogens (tertiary/aromatic N) is 3. The number of carbonyl (C=O) groups is 1. The van der Waals surface area contributed by atoms with Crippen molar-refractivity contribution in [3.05, 3.63) is 36.9 Å². The maximum Gasteiger partial charge on any atom is 0.332 e. The van der Waals surface area contributed by atoms with Crippen LogP contribution in [0.25, 0.3) is 11.2 Å². The molecule has 0 spiro atoms. The quantitative estimate of drug-likeness (QED) is 0.630. The molecule has 0 bridgehead atoms. The maximum absolute atomic E-state index is 12.0. The largest absolute Gasteiger partial charge is 0.549 e. The minimum atomic E-state index is -1.48. The number of rotatable bonds is 2. The molecule has 9 heteroatoms. The Labute approximate surface area is 111 Å². The Morgan fingerprint density at radius 3 is 2.40 bits per heavy atom. The van der Waals surface area contributed by atoms with E-state index in [1.807, 2.05) is 0 Å². The fraction of sp³-hybridized carbons (Fsp3) is 0.364. The summed E-state index contributed by atoms with van der Waals surface area (Å²) in [6, 6.07) is 0. The summed E-state index contributed by atoms with van der Waals surface area (Å²) in [6.07, 6.45) is 0. The third-order valence-electron chi connectivity index (χ3n) is 3.10. The Morgan fingerprint density at radius 1 is 1.25 bits per heavy atom. The van der Waals surface area contributed by atoms with E-state index in [0.29, 0.717) is 0 Å². The first-order valence-corrected chi connectivity index (χ1v) is 5.66. The van der Waals surface area contributed by atoms with E-state index in [9.17, 15) is 24.3 Å². The summed E-state index contributed by atoms with van der Waals surface area (Å²) in [6.45, 7) is 1.23. The number of hydrogen-bond donors (Lipinski definition) is 1. The molecule has 0 aliphatic heterocycles. The zero-order chi connectivity index (χ0) is 15.2. The summed E-state index contributed by atoms with van der Waals surface area (Å²) in [5.74, 6) is -2.76. The molecule has 106 valence electrons. The van der Waals surface area contributed by atoms with Gasteiger partial charge in [0.15, 0.2) is 5.52 Å². The number of aromatic amines is 1. The Kier molecular flexibility index (Phi) is 3.04. The van der Waals surface area contributed by atoms with Crippen LogP contribution in [0, 0.1) is 0 Å². The lowest BCUT2D eigenvalue weighted by Gasteiger charge is -2.12. The van der Waals surface area contributed by atoms with E-state index < -0.39 is 28.7 Å². The van der Waals surface area contributed by atoms with E-state index in [-0.39, 0.29) is 16.9 Å². The topological polar surface area (TPSA) is 130 Å². The molecule has 2 rings (SSSR count). The zero-order valence-corrected chi connectivity index (χ0v) is 11.0. The maximum atomic E-state index is 12.0. The van der Waals surface area contributed by atoms with Gasteiger partial charge in [0, 0.05) is 20.0 Å². The van der Waals surface area contributed by atoms with Gasteiger partial charge in [-0.2, -0.15) is 0 Å². The summed E-state index contributed by atoms with van der Waals surface area (Å²) in [5, 5.41) is 10.8. The first-order chi connectivity index (χ1) is 9.25. The normalized spacial score (nSPS) is 12.6.